The van der Waals surface area contributed by atoms with E-state index < -0.39 is 0 Å². The van der Waals surface area contributed by atoms with Gasteiger partial charge in [0.15, 0.2) is 0 Å². The largest absolute Gasteiger partial charge is 0.489 e. The Morgan fingerprint density at radius 2 is 1.55 bits per heavy atom. The summed E-state index contributed by atoms with van der Waals surface area (Å²) >= 11 is 0. The average Bonchev–Trinajstić information content (AvgIpc) is 2.96. The van der Waals surface area contributed by atoms with Crippen LogP contribution in [0.3, 0.4) is 0 Å². The van der Waals surface area contributed by atoms with Crippen LogP contribution in [0.5, 0.6) is 5.75 Å². The molecule has 1 aliphatic rings. The Kier molecular flexibility index (Phi) is 8.71. The third-order valence-corrected chi connectivity index (χ3v) is 7.38. The van der Waals surface area contributed by atoms with E-state index in [0.29, 0.717) is 12.6 Å². The highest BCUT2D eigenvalue weighted by molar-refractivity contribution is 5.90. The maximum absolute atomic E-state index is 5.90. The third kappa shape index (κ3) is 7.01. The summed E-state index contributed by atoms with van der Waals surface area (Å²) in [5.41, 5.74) is 3.51. The van der Waals surface area contributed by atoms with E-state index >= 15 is 0 Å². The van der Waals surface area contributed by atoms with Gasteiger partial charge < -0.3 is 20.3 Å². The first-order valence-corrected chi connectivity index (χ1v) is 13.8. The van der Waals surface area contributed by atoms with Crippen LogP contribution in [-0.4, -0.2) is 43.2 Å². The average molecular weight is 510 g/mol. The van der Waals surface area contributed by atoms with Gasteiger partial charge in [-0.3, -0.25) is 0 Å². The number of fused-ring (bicyclic) bond motifs is 1. The molecule has 1 saturated carbocycles. The molecule has 0 spiro atoms. The molecule has 6 heteroatoms. The zero-order valence-corrected chi connectivity index (χ0v) is 22.6. The van der Waals surface area contributed by atoms with Gasteiger partial charge in [0.1, 0.15) is 18.2 Å². The number of rotatable bonds is 11. The Morgan fingerprint density at radius 3 is 2.32 bits per heavy atom. The molecule has 3 aromatic carbocycles. The van der Waals surface area contributed by atoms with E-state index in [-0.39, 0.29) is 0 Å². The molecule has 198 valence electrons. The normalized spacial score (nSPS) is 17.3. The number of nitrogens with one attached hydrogen (secondary N) is 2. The maximum atomic E-state index is 5.90. The molecule has 5 rings (SSSR count). The molecule has 0 aliphatic heterocycles. The minimum Gasteiger partial charge on any atom is -0.489 e. The third-order valence-electron chi connectivity index (χ3n) is 7.38. The van der Waals surface area contributed by atoms with Gasteiger partial charge >= 0.3 is 0 Å². The van der Waals surface area contributed by atoms with Crippen molar-refractivity contribution in [2.24, 2.45) is 5.92 Å². The number of nitrogens with zero attached hydrogens (tertiary/aromatic N) is 3. The highest BCUT2D eigenvalue weighted by atomic mass is 16.5. The fraction of sp³-hybridized carbons (Fsp3) is 0.375. The summed E-state index contributed by atoms with van der Waals surface area (Å²) in [4.78, 5) is 11.7. The lowest BCUT2D eigenvalue weighted by Crippen LogP contribution is -2.32. The van der Waals surface area contributed by atoms with E-state index in [1.54, 1.807) is 0 Å². The van der Waals surface area contributed by atoms with Crippen molar-refractivity contribution in [2.45, 2.75) is 44.8 Å². The van der Waals surface area contributed by atoms with E-state index in [1.807, 2.05) is 44.4 Å². The molecule has 38 heavy (non-hydrogen) atoms. The molecular formula is C32H39N5O. The van der Waals surface area contributed by atoms with Gasteiger partial charge in [0.2, 0.25) is 5.95 Å². The molecule has 2 N–H and O–H groups in total. The van der Waals surface area contributed by atoms with Gasteiger partial charge in [-0.25, -0.2) is 4.98 Å². The smallest absolute Gasteiger partial charge is 0.225 e. The number of anilines is 2. The summed E-state index contributed by atoms with van der Waals surface area (Å²) in [6.45, 7) is 2.69. The standard InChI is InChI=1S/C32H39N5O/c1-37(2)31-29-10-6-7-11-30(29)35-32(36-31)34-27-16-12-25(13-17-27)22-33-21-20-24-14-18-28(19-15-24)38-23-26-8-4-3-5-9-26/h3-11,14-15,18-19,25,27,33H,12-13,16-17,20-23H2,1-2H3,(H,34,35,36). The first-order chi connectivity index (χ1) is 18.6. The molecule has 1 aromatic heterocycles. The van der Waals surface area contributed by atoms with E-state index in [0.717, 1.165) is 66.7 Å². The molecular weight excluding hydrogens is 470 g/mol. The van der Waals surface area contributed by atoms with Crippen molar-refractivity contribution in [3.05, 3.63) is 90.0 Å². The van der Waals surface area contributed by atoms with Crippen LogP contribution in [0.25, 0.3) is 10.9 Å². The molecule has 0 atom stereocenters. The van der Waals surface area contributed by atoms with Crippen LogP contribution in [0.2, 0.25) is 0 Å². The predicted molar refractivity (Wildman–Crippen MR) is 157 cm³/mol. The van der Waals surface area contributed by atoms with Crippen LogP contribution in [0.15, 0.2) is 78.9 Å². The number of aromatic nitrogens is 2. The van der Waals surface area contributed by atoms with Gasteiger partial charge in [-0.15, -0.1) is 0 Å². The van der Waals surface area contributed by atoms with Gasteiger partial charge in [-0.1, -0.05) is 54.6 Å². The molecule has 1 fully saturated rings. The lowest BCUT2D eigenvalue weighted by molar-refractivity contribution is 0.306. The van der Waals surface area contributed by atoms with Crippen molar-refractivity contribution >= 4 is 22.7 Å². The summed E-state index contributed by atoms with van der Waals surface area (Å²) < 4.78 is 5.90. The van der Waals surface area contributed by atoms with Crippen molar-refractivity contribution in [1.29, 1.82) is 0 Å². The molecule has 6 nitrogen and oxygen atoms in total. The fourth-order valence-corrected chi connectivity index (χ4v) is 5.19. The Balaban J connectivity index is 1.01. The molecule has 0 bridgehead atoms. The first-order valence-electron chi connectivity index (χ1n) is 13.8. The molecule has 0 saturated heterocycles. The molecule has 1 heterocycles. The van der Waals surface area contributed by atoms with Crippen LogP contribution in [0.4, 0.5) is 11.8 Å². The summed E-state index contributed by atoms with van der Waals surface area (Å²) in [7, 11) is 4.07. The topological polar surface area (TPSA) is 62.3 Å². The first kappa shape index (κ1) is 26.0. The van der Waals surface area contributed by atoms with Crippen molar-refractivity contribution < 1.29 is 4.74 Å². The molecule has 0 radical (unpaired) electrons. The predicted octanol–water partition coefficient (Wildman–Crippen LogP) is 6.08. The van der Waals surface area contributed by atoms with Crippen LogP contribution in [0.1, 0.15) is 36.8 Å². The zero-order chi connectivity index (χ0) is 26.2. The van der Waals surface area contributed by atoms with Crippen molar-refractivity contribution in [2.75, 3.05) is 37.4 Å². The highest BCUT2D eigenvalue weighted by Crippen LogP contribution is 2.28. The van der Waals surface area contributed by atoms with Gasteiger partial charge in [0, 0.05) is 25.5 Å². The van der Waals surface area contributed by atoms with Gasteiger partial charge in [-0.05, 0) is 86.5 Å². The second-order valence-electron chi connectivity index (χ2n) is 10.5. The Bertz CT molecular complexity index is 1280. The van der Waals surface area contributed by atoms with Crippen LogP contribution >= 0.6 is 0 Å². The van der Waals surface area contributed by atoms with Gasteiger partial charge in [0.25, 0.3) is 0 Å². The Labute approximate surface area is 226 Å². The summed E-state index contributed by atoms with van der Waals surface area (Å²) in [5, 5.41) is 8.40. The van der Waals surface area contributed by atoms with Crippen LogP contribution < -0.4 is 20.3 Å². The minimum atomic E-state index is 0.435. The molecule has 4 aromatic rings. The SMILES string of the molecule is CN(C)c1nc(NC2CCC(CNCCc3ccc(OCc4ccccc4)cc3)CC2)nc2ccccc12. The number of para-hydroxylation sites is 1. The second kappa shape index (κ2) is 12.7. The van der Waals surface area contributed by atoms with Crippen LogP contribution in [0, 0.1) is 5.92 Å². The van der Waals surface area contributed by atoms with E-state index in [2.05, 4.69) is 64.1 Å². The number of hydrogen-bond donors (Lipinski definition) is 2. The molecule has 0 amide bonds. The minimum absolute atomic E-state index is 0.435. The number of hydrogen-bond acceptors (Lipinski definition) is 6. The van der Waals surface area contributed by atoms with Crippen molar-refractivity contribution in [3.63, 3.8) is 0 Å². The van der Waals surface area contributed by atoms with Gasteiger partial charge in [-0.2, -0.15) is 4.98 Å². The van der Waals surface area contributed by atoms with E-state index in [1.165, 1.54) is 24.0 Å². The summed E-state index contributed by atoms with van der Waals surface area (Å²) in [6.07, 6.45) is 5.80. The number of ether oxygens (including phenoxy) is 1. The fourth-order valence-electron chi connectivity index (χ4n) is 5.19. The van der Waals surface area contributed by atoms with Crippen LogP contribution in [-0.2, 0) is 13.0 Å². The zero-order valence-electron chi connectivity index (χ0n) is 22.6. The van der Waals surface area contributed by atoms with E-state index in [4.69, 9.17) is 14.7 Å². The molecule has 0 unspecified atom stereocenters. The lowest BCUT2D eigenvalue weighted by Gasteiger charge is -2.29. The second-order valence-corrected chi connectivity index (χ2v) is 10.5. The summed E-state index contributed by atoms with van der Waals surface area (Å²) in [5.74, 6) is 3.36. The number of benzene rings is 3. The van der Waals surface area contributed by atoms with Crippen molar-refractivity contribution in [3.8, 4) is 5.75 Å². The van der Waals surface area contributed by atoms with E-state index in [9.17, 15) is 0 Å². The van der Waals surface area contributed by atoms with Crippen molar-refractivity contribution in [1.82, 2.24) is 15.3 Å². The Hall–Kier alpha value is -3.64. The maximum Gasteiger partial charge on any atom is 0.225 e. The quantitative estimate of drug-likeness (QED) is 0.239. The lowest BCUT2D eigenvalue weighted by atomic mass is 9.86. The summed E-state index contributed by atoms with van der Waals surface area (Å²) in [6, 6.07) is 27.4. The highest BCUT2D eigenvalue weighted by Gasteiger charge is 2.22. The Morgan fingerprint density at radius 1 is 0.816 bits per heavy atom. The van der Waals surface area contributed by atoms with Gasteiger partial charge in [0.05, 0.1) is 5.52 Å². The molecule has 1 aliphatic carbocycles. The monoisotopic (exact) mass is 509 g/mol.